The molecule has 0 spiro atoms. The first-order valence-electron chi connectivity index (χ1n) is 3.28. The van der Waals surface area contributed by atoms with E-state index in [2.05, 4.69) is 0 Å². The van der Waals surface area contributed by atoms with Gasteiger partial charge in [0.05, 0.1) is 18.4 Å². The molecule has 0 bridgehead atoms. The van der Waals surface area contributed by atoms with Gasteiger partial charge >= 0.3 is 5.97 Å². The summed E-state index contributed by atoms with van der Waals surface area (Å²) >= 11 is 0. The number of ether oxygens (including phenoxy) is 1. The Morgan fingerprint density at radius 1 is 1.58 bits per heavy atom. The zero-order valence-corrected chi connectivity index (χ0v) is 6.50. The first kappa shape index (κ1) is 8.39. The molecule has 1 rings (SSSR count). The molecule has 0 fully saturated rings. The summed E-state index contributed by atoms with van der Waals surface area (Å²) in [5, 5.41) is 8.55. The number of methoxy groups -OCH3 is 1. The molecule has 12 heavy (non-hydrogen) atoms. The fraction of sp³-hybridized carbons (Fsp3) is 0.125. The highest BCUT2D eigenvalue weighted by molar-refractivity contribution is 5.89. The number of rotatable bonds is 2. The van der Waals surface area contributed by atoms with Crippen LogP contribution in [0.25, 0.3) is 0 Å². The van der Waals surface area contributed by atoms with Crippen molar-refractivity contribution >= 4 is 11.7 Å². The van der Waals surface area contributed by atoms with Crippen molar-refractivity contribution in [2.24, 2.45) is 0 Å². The van der Waals surface area contributed by atoms with Crippen molar-refractivity contribution in [1.29, 1.82) is 0 Å². The normalized spacial score (nSPS) is 9.42. The topological polar surface area (TPSA) is 70.3 Å². The molecular weight excluding hydrogens is 158 g/mol. The number of carboxylic acids is 1. The van der Waals surface area contributed by atoms with Crippen LogP contribution in [-0.4, -0.2) is 18.2 Å². The number of benzene rings is 1. The van der Waals surface area contributed by atoms with Gasteiger partial charge in [0, 0.05) is 0 Å². The molecule has 1 aromatic rings. The Hall–Kier alpha value is -1.71. The van der Waals surface area contributed by atoms with Crippen molar-refractivity contribution in [2.75, 3.05) is 7.11 Å². The summed E-state index contributed by atoms with van der Waals surface area (Å²) in [7, 11) is 1.44. The predicted molar refractivity (Wildman–Crippen MR) is 42.7 cm³/mol. The summed E-state index contributed by atoms with van der Waals surface area (Å²) in [6.45, 7) is 0. The second-order valence-corrected chi connectivity index (χ2v) is 2.22. The minimum absolute atomic E-state index is 0.0809. The summed E-state index contributed by atoms with van der Waals surface area (Å²) in [5.41, 5.74) is 7.50. The van der Waals surface area contributed by atoms with Crippen LogP contribution < -0.4 is 10.5 Å². The lowest BCUT2D eigenvalue weighted by atomic mass is 10.2. The van der Waals surface area contributed by atoms with Gasteiger partial charge in [0.15, 0.2) is 0 Å². The number of hydrogen-bond acceptors (Lipinski definition) is 2. The quantitative estimate of drug-likeness (QED) is 0.719. The Bertz CT molecular complexity index is 309. The van der Waals surface area contributed by atoms with Crippen LogP contribution in [-0.2, 0) is 0 Å². The second-order valence-electron chi connectivity index (χ2n) is 2.22. The van der Waals surface area contributed by atoms with Gasteiger partial charge in [-0.05, 0) is 18.2 Å². The van der Waals surface area contributed by atoms with Gasteiger partial charge < -0.3 is 9.84 Å². The number of hydrogen-bond donors (Lipinski definition) is 1. The Morgan fingerprint density at radius 3 is 2.67 bits per heavy atom. The Labute approximate surface area is 69.6 Å². The molecule has 0 amide bonds. The zero-order valence-electron chi connectivity index (χ0n) is 6.50. The van der Waals surface area contributed by atoms with Gasteiger partial charge in [-0.3, -0.25) is 5.73 Å². The molecule has 0 saturated carbocycles. The third kappa shape index (κ3) is 1.47. The smallest absolute Gasteiger partial charge is 0.335 e. The maximum Gasteiger partial charge on any atom is 0.335 e. The maximum absolute atomic E-state index is 10.4. The molecule has 0 heterocycles. The fourth-order valence-corrected chi connectivity index (χ4v) is 0.841. The zero-order chi connectivity index (χ0) is 9.14. The highest BCUT2D eigenvalue weighted by atomic mass is 16.5. The second kappa shape index (κ2) is 3.13. The Kier molecular flexibility index (Phi) is 2.19. The molecule has 0 atom stereocenters. The Balaban J connectivity index is 3.10. The lowest BCUT2D eigenvalue weighted by Crippen LogP contribution is -1.96. The molecule has 0 aromatic heterocycles. The van der Waals surface area contributed by atoms with E-state index in [-0.39, 0.29) is 11.3 Å². The van der Waals surface area contributed by atoms with Crippen molar-refractivity contribution in [3.63, 3.8) is 0 Å². The van der Waals surface area contributed by atoms with Gasteiger partial charge in [0.1, 0.15) is 5.75 Å². The van der Waals surface area contributed by atoms with E-state index in [1.54, 1.807) is 0 Å². The predicted octanol–water partition coefficient (Wildman–Crippen LogP) is 1.31. The van der Waals surface area contributed by atoms with Gasteiger partial charge in [-0.1, -0.05) is 0 Å². The SMILES string of the molecule is COc1ccc(C(=O)O)cc1[NH]. The van der Waals surface area contributed by atoms with Crippen LogP contribution in [0.1, 0.15) is 10.4 Å². The van der Waals surface area contributed by atoms with Crippen molar-refractivity contribution in [1.82, 2.24) is 5.73 Å². The minimum atomic E-state index is -1.04. The molecule has 0 aliphatic carbocycles. The first-order valence-corrected chi connectivity index (χ1v) is 3.28. The third-order valence-electron chi connectivity index (χ3n) is 1.45. The highest BCUT2D eigenvalue weighted by Gasteiger charge is 2.05. The number of nitrogens with one attached hydrogen (secondary N) is 1. The summed E-state index contributed by atoms with van der Waals surface area (Å²) < 4.78 is 4.80. The van der Waals surface area contributed by atoms with E-state index in [1.807, 2.05) is 0 Å². The van der Waals surface area contributed by atoms with Gasteiger partial charge in [-0.25, -0.2) is 4.79 Å². The fourth-order valence-electron chi connectivity index (χ4n) is 0.841. The van der Waals surface area contributed by atoms with Crippen molar-refractivity contribution < 1.29 is 14.6 Å². The largest absolute Gasteiger partial charge is 0.495 e. The Morgan fingerprint density at radius 2 is 2.25 bits per heavy atom. The van der Waals surface area contributed by atoms with Crippen LogP contribution in [0.4, 0.5) is 5.69 Å². The number of carbonyl (C=O) groups is 1. The lowest BCUT2D eigenvalue weighted by molar-refractivity contribution is 0.0697. The standard InChI is InChI=1S/C8H8NO3/c1-12-7-3-2-5(8(10)11)4-6(7)9/h2-4,9H,1H3,(H,10,11). The molecule has 63 valence electrons. The number of aromatic carboxylic acids is 1. The molecule has 1 aromatic carbocycles. The summed E-state index contributed by atoms with van der Waals surface area (Å²) in [4.78, 5) is 10.4. The van der Waals surface area contributed by atoms with Crippen LogP contribution in [0.3, 0.4) is 0 Å². The lowest BCUT2D eigenvalue weighted by Gasteiger charge is -2.02. The summed E-state index contributed by atoms with van der Waals surface area (Å²) in [5.74, 6) is -0.661. The molecule has 0 saturated heterocycles. The van der Waals surface area contributed by atoms with Gasteiger partial charge in [-0.2, -0.15) is 0 Å². The van der Waals surface area contributed by atoms with E-state index in [0.717, 1.165) is 0 Å². The van der Waals surface area contributed by atoms with E-state index >= 15 is 0 Å². The minimum Gasteiger partial charge on any atom is -0.495 e. The van der Waals surface area contributed by atoms with Gasteiger partial charge in [-0.15, -0.1) is 0 Å². The first-order chi connectivity index (χ1) is 5.65. The monoisotopic (exact) mass is 166 g/mol. The van der Waals surface area contributed by atoms with E-state index in [0.29, 0.717) is 5.75 Å². The average molecular weight is 166 g/mol. The van der Waals surface area contributed by atoms with Crippen molar-refractivity contribution in [3.8, 4) is 5.75 Å². The molecule has 4 heteroatoms. The molecule has 4 nitrogen and oxygen atoms in total. The molecule has 0 aliphatic heterocycles. The van der Waals surface area contributed by atoms with Crippen LogP contribution >= 0.6 is 0 Å². The van der Waals surface area contributed by atoms with E-state index in [9.17, 15) is 4.79 Å². The maximum atomic E-state index is 10.4. The van der Waals surface area contributed by atoms with Gasteiger partial charge in [0.2, 0.25) is 0 Å². The highest BCUT2D eigenvalue weighted by Crippen LogP contribution is 2.23. The van der Waals surface area contributed by atoms with Crippen molar-refractivity contribution in [2.45, 2.75) is 0 Å². The van der Waals surface area contributed by atoms with Crippen LogP contribution in [0.5, 0.6) is 5.75 Å². The molecule has 2 N–H and O–H groups in total. The van der Waals surface area contributed by atoms with Crippen LogP contribution in [0.15, 0.2) is 18.2 Å². The van der Waals surface area contributed by atoms with Gasteiger partial charge in [0.25, 0.3) is 0 Å². The molecule has 0 unspecified atom stereocenters. The number of carboxylic acid groups (broad SMARTS) is 1. The summed E-state index contributed by atoms with van der Waals surface area (Å²) in [6.07, 6.45) is 0. The van der Waals surface area contributed by atoms with E-state index in [1.165, 1.54) is 25.3 Å². The van der Waals surface area contributed by atoms with E-state index in [4.69, 9.17) is 15.6 Å². The van der Waals surface area contributed by atoms with Crippen molar-refractivity contribution in [3.05, 3.63) is 23.8 Å². The van der Waals surface area contributed by atoms with Crippen LogP contribution in [0.2, 0.25) is 0 Å². The molecular formula is C8H8NO3. The molecule has 1 radical (unpaired) electrons. The molecule has 0 aliphatic rings. The van der Waals surface area contributed by atoms with Crippen LogP contribution in [0, 0.1) is 0 Å². The third-order valence-corrected chi connectivity index (χ3v) is 1.45. The summed E-state index contributed by atoms with van der Waals surface area (Å²) in [6, 6.07) is 4.12. The van der Waals surface area contributed by atoms with E-state index < -0.39 is 5.97 Å². The average Bonchev–Trinajstić information content (AvgIpc) is 2.04.